The maximum absolute atomic E-state index is 12.3. The molecule has 0 spiro atoms. The van der Waals surface area contributed by atoms with Crippen molar-refractivity contribution in [3.8, 4) is 0 Å². The third-order valence-electron chi connectivity index (χ3n) is 4.87. The van der Waals surface area contributed by atoms with Crippen LogP contribution in [-0.4, -0.2) is 54.0 Å². The number of hydrogen-bond acceptors (Lipinski definition) is 4. The predicted molar refractivity (Wildman–Crippen MR) is 101 cm³/mol. The second kappa shape index (κ2) is 9.20. The minimum Gasteiger partial charge on any atom is -0.385 e. The molecule has 0 aromatic heterocycles. The molecule has 0 atom stereocenters. The molecule has 25 heavy (non-hydrogen) atoms. The first kappa shape index (κ1) is 19.7. The molecule has 1 fully saturated rings. The van der Waals surface area contributed by atoms with E-state index < -0.39 is 9.84 Å². The first-order valence-corrected chi connectivity index (χ1v) is 10.4. The van der Waals surface area contributed by atoms with Gasteiger partial charge in [-0.3, -0.25) is 4.99 Å². The van der Waals surface area contributed by atoms with Crippen LogP contribution in [0.3, 0.4) is 0 Å². The highest BCUT2D eigenvalue weighted by molar-refractivity contribution is 7.91. The van der Waals surface area contributed by atoms with E-state index in [4.69, 9.17) is 4.74 Å². The second-order valence-electron chi connectivity index (χ2n) is 6.58. The van der Waals surface area contributed by atoms with Crippen LogP contribution in [-0.2, 0) is 14.6 Å². The summed E-state index contributed by atoms with van der Waals surface area (Å²) >= 11 is 0. The molecule has 1 aliphatic rings. The van der Waals surface area contributed by atoms with Crippen molar-refractivity contribution in [3.05, 3.63) is 30.3 Å². The van der Waals surface area contributed by atoms with Gasteiger partial charge in [-0.05, 0) is 36.8 Å². The lowest BCUT2D eigenvalue weighted by atomic mass is 9.67. The molecule has 0 bridgehead atoms. The molecular weight excluding hydrogens is 338 g/mol. The summed E-state index contributed by atoms with van der Waals surface area (Å²) in [5, 5.41) is 6.44. The zero-order valence-corrected chi connectivity index (χ0v) is 15.9. The zero-order valence-electron chi connectivity index (χ0n) is 15.1. The lowest BCUT2D eigenvalue weighted by Crippen LogP contribution is -2.47. The van der Waals surface area contributed by atoms with Gasteiger partial charge in [0.05, 0.1) is 10.6 Å². The average Bonchev–Trinajstić information content (AvgIpc) is 2.59. The number of methoxy groups -OCH3 is 1. The van der Waals surface area contributed by atoms with Crippen LogP contribution >= 0.6 is 0 Å². The van der Waals surface area contributed by atoms with Crippen molar-refractivity contribution in [2.75, 3.05) is 39.6 Å². The summed E-state index contributed by atoms with van der Waals surface area (Å²) in [7, 11) is 0.153. The number of ether oxygens (including phenoxy) is 1. The van der Waals surface area contributed by atoms with Gasteiger partial charge in [-0.2, -0.15) is 0 Å². The summed E-state index contributed by atoms with van der Waals surface area (Å²) < 4.78 is 29.8. The molecule has 0 amide bonds. The van der Waals surface area contributed by atoms with E-state index >= 15 is 0 Å². The van der Waals surface area contributed by atoms with Crippen LogP contribution in [0.15, 0.2) is 40.2 Å². The first-order chi connectivity index (χ1) is 12.0. The average molecular weight is 368 g/mol. The Morgan fingerprint density at radius 3 is 2.52 bits per heavy atom. The zero-order chi connectivity index (χ0) is 18.2. The van der Waals surface area contributed by atoms with Crippen LogP contribution in [0, 0.1) is 5.41 Å². The molecule has 1 saturated carbocycles. The van der Waals surface area contributed by atoms with Gasteiger partial charge in [-0.15, -0.1) is 0 Å². The lowest BCUT2D eigenvalue weighted by Gasteiger charge is -2.42. The Morgan fingerprint density at radius 1 is 1.24 bits per heavy atom. The van der Waals surface area contributed by atoms with Crippen LogP contribution in [0.1, 0.15) is 25.7 Å². The topological polar surface area (TPSA) is 79.8 Å². The number of guanidine groups is 1. The highest BCUT2D eigenvalue weighted by Gasteiger charge is 2.36. The fourth-order valence-corrected chi connectivity index (χ4v) is 4.23. The van der Waals surface area contributed by atoms with Gasteiger partial charge in [-0.1, -0.05) is 24.6 Å². The molecule has 1 aromatic carbocycles. The van der Waals surface area contributed by atoms with Gasteiger partial charge in [0.1, 0.15) is 0 Å². The smallest absolute Gasteiger partial charge is 0.191 e. The Labute approximate surface area is 151 Å². The maximum Gasteiger partial charge on any atom is 0.191 e. The second-order valence-corrected chi connectivity index (χ2v) is 8.69. The van der Waals surface area contributed by atoms with Crippen LogP contribution in [0.4, 0.5) is 0 Å². The van der Waals surface area contributed by atoms with Crippen LogP contribution in [0.25, 0.3) is 0 Å². The minimum absolute atomic E-state index is 0.0343. The molecule has 2 rings (SSSR count). The molecule has 7 heteroatoms. The van der Waals surface area contributed by atoms with Gasteiger partial charge in [0, 0.05) is 33.9 Å². The van der Waals surface area contributed by atoms with E-state index in [2.05, 4.69) is 15.6 Å². The summed E-state index contributed by atoms with van der Waals surface area (Å²) in [6.07, 6.45) is 4.69. The fraction of sp³-hybridized carbons (Fsp3) is 0.611. The van der Waals surface area contributed by atoms with Gasteiger partial charge in [0.25, 0.3) is 0 Å². The van der Waals surface area contributed by atoms with E-state index in [1.807, 2.05) is 6.07 Å². The minimum atomic E-state index is -3.27. The summed E-state index contributed by atoms with van der Waals surface area (Å²) in [4.78, 5) is 4.54. The van der Waals surface area contributed by atoms with Crippen molar-refractivity contribution >= 4 is 15.8 Å². The molecular formula is C18H29N3O3S. The summed E-state index contributed by atoms with van der Waals surface area (Å²) in [6.45, 7) is 1.92. The Hall–Kier alpha value is -1.60. The number of aliphatic imine (C=N–C) groups is 1. The molecule has 0 unspecified atom stereocenters. The first-order valence-electron chi connectivity index (χ1n) is 8.73. The third kappa shape index (κ3) is 5.71. The van der Waals surface area contributed by atoms with Crippen LogP contribution < -0.4 is 10.6 Å². The molecule has 0 heterocycles. The highest BCUT2D eigenvalue weighted by atomic mass is 32.2. The van der Waals surface area contributed by atoms with Gasteiger partial charge < -0.3 is 15.4 Å². The fourth-order valence-electron chi connectivity index (χ4n) is 3.05. The normalized spacial score (nSPS) is 17.0. The lowest BCUT2D eigenvalue weighted by molar-refractivity contribution is 0.0733. The SMILES string of the molecule is CN=C(NCCS(=O)(=O)c1ccccc1)NCC1(CCOC)CCC1. The maximum atomic E-state index is 12.3. The van der Waals surface area contributed by atoms with Gasteiger partial charge in [-0.25, -0.2) is 8.42 Å². The Balaban J connectivity index is 1.79. The monoisotopic (exact) mass is 367 g/mol. The molecule has 0 radical (unpaired) electrons. The highest BCUT2D eigenvalue weighted by Crippen LogP contribution is 2.43. The van der Waals surface area contributed by atoms with Crippen molar-refractivity contribution in [2.24, 2.45) is 10.4 Å². The van der Waals surface area contributed by atoms with Crippen molar-refractivity contribution < 1.29 is 13.2 Å². The molecule has 0 aliphatic heterocycles. The quantitative estimate of drug-likeness (QED) is 0.514. The van der Waals surface area contributed by atoms with Gasteiger partial charge in [0.2, 0.25) is 0 Å². The van der Waals surface area contributed by atoms with E-state index in [-0.39, 0.29) is 11.2 Å². The van der Waals surface area contributed by atoms with Crippen LogP contribution in [0.5, 0.6) is 0 Å². The van der Waals surface area contributed by atoms with Crippen LogP contribution in [0.2, 0.25) is 0 Å². The number of benzene rings is 1. The predicted octanol–water partition coefficient (Wildman–Crippen LogP) is 1.83. The Kier molecular flexibility index (Phi) is 7.25. The van der Waals surface area contributed by atoms with E-state index in [9.17, 15) is 8.42 Å². The largest absolute Gasteiger partial charge is 0.385 e. The number of hydrogen-bond donors (Lipinski definition) is 2. The van der Waals surface area contributed by atoms with E-state index in [1.165, 1.54) is 19.3 Å². The van der Waals surface area contributed by atoms with Crippen molar-refractivity contribution in [1.82, 2.24) is 10.6 Å². The van der Waals surface area contributed by atoms with E-state index in [1.54, 1.807) is 38.4 Å². The molecule has 1 aliphatic carbocycles. The number of sulfone groups is 1. The van der Waals surface area contributed by atoms with E-state index in [0.717, 1.165) is 19.6 Å². The Morgan fingerprint density at radius 2 is 1.96 bits per heavy atom. The third-order valence-corrected chi connectivity index (χ3v) is 6.60. The Bertz CT molecular complexity index is 655. The van der Waals surface area contributed by atoms with E-state index in [0.29, 0.717) is 17.4 Å². The van der Waals surface area contributed by atoms with Crippen molar-refractivity contribution in [2.45, 2.75) is 30.6 Å². The molecule has 140 valence electrons. The van der Waals surface area contributed by atoms with Crippen molar-refractivity contribution in [3.63, 3.8) is 0 Å². The summed E-state index contributed by atoms with van der Waals surface area (Å²) in [5.41, 5.74) is 0.281. The summed E-state index contributed by atoms with van der Waals surface area (Å²) in [6, 6.07) is 8.53. The number of nitrogens with zero attached hydrogens (tertiary/aromatic N) is 1. The number of nitrogens with one attached hydrogen (secondary N) is 2. The summed E-state index contributed by atoms with van der Waals surface area (Å²) in [5.74, 6) is 0.680. The van der Waals surface area contributed by atoms with Gasteiger partial charge in [0.15, 0.2) is 15.8 Å². The molecule has 6 nitrogen and oxygen atoms in total. The molecule has 2 N–H and O–H groups in total. The molecule has 1 aromatic rings. The standard InChI is InChI=1S/C18H29N3O3S/c1-19-17(21-15-18(9-6-10-18)11-13-24-2)20-12-14-25(22,23)16-7-4-3-5-8-16/h3-5,7-8H,6,9-15H2,1-2H3,(H2,19,20,21). The number of rotatable bonds is 9. The van der Waals surface area contributed by atoms with Crippen molar-refractivity contribution in [1.29, 1.82) is 0 Å². The van der Waals surface area contributed by atoms with Gasteiger partial charge >= 0.3 is 0 Å². The molecule has 0 saturated heterocycles.